The van der Waals surface area contributed by atoms with Crippen LogP contribution in [-0.2, 0) is 6.42 Å². The van der Waals surface area contributed by atoms with E-state index in [-0.39, 0.29) is 0 Å². The summed E-state index contributed by atoms with van der Waals surface area (Å²) in [5.74, 6) is 0. The molecule has 2 nitrogen and oxygen atoms in total. The Morgan fingerprint density at radius 3 is 2.35 bits per heavy atom. The Morgan fingerprint density at radius 1 is 1.06 bits per heavy atom. The zero-order valence-electron chi connectivity index (χ0n) is 10.5. The molecule has 0 radical (unpaired) electrons. The Morgan fingerprint density at radius 2 is 1.76 bits per heavy atom. The van der Waals surface area contributed by atoms with Crippen molar-refractivity contribution in [3.8, 4) is 0 Å². The monoisotopic (exact) mass is 234 g/mol. The van der Waals surface area contributed by atoms with Gasteiger partial charge in [-0.3, -0.25) is 0 Å². The zero-order valence-corrected chi connectivity index (χ0v) is 10.5. The molecule has 0 aliphatic heterocycles. The molecular formula is C15H22O2. The van der Waals surface area contributed by atoms with E-state index < -0.39 is 5.60 Å². The van der Waals surface area contributed by atoms with Gasteiger partial charge < -0.3 is 9.52 Å². The molecule has 0 amide bonds. The van der Waals surface area contributed by atoms with E-state index >= 15 is 0 Å². The summed E-state index contributed by atoms with van der Waals surface area (Å²) in [6.45, 7) is 0. The number of aliphatic hydroxyl groups is 1. The average molecular weight is 234 g/mol. The van der Waals surface area contributed by atoms with E-state index in [9.17, 15) is 5.11 Å². The quantitative estimate of drug-likeness (QED) is 0.846. The molecule has 2 aliphatic rings. The van der Waals surface area contributed by atoms with Crippen LogP contribution in [0.1, 0.15) is 56.9 Å². The second-order valence-electron chi connectivity index (χ2n) is 6.24. The number of furan rings is 1. The van der Waals surface area contributed by atoms with E-state index in [1.54, 1.807) is 12.5 Å². The predicted molar refractivity (Wildman–Crippen MR) is 66.7 cm³/mol. The summed E-state index contributed by atoms with van der Waals surface area (Å²) >= 11 is 0. The minimum atomic E-state index is -0.474. The van der Waals surface area contributed by atoms with Gasteiger partial charge in [-0.05, 0) is 55.6 Å². The van der Waals surface area contributed by atoms with Crippen LogP contribution < -0.4 is 0 Å². The van der Waals surface area contributed by atoms with Crippen molar-refractivity contribution in [3.05, 3.63) is 24.2 Å². The van der Waals surface area contributed by atoms with Crippen molar-refractivity contribution in [1.82, 2.24) is 0 Å². The number of hydrogen-bond acceptors (Lipinski definition) is 2. The van der Waals surface area contributed by atoms with Gasteiger partial charge in [0.15, 0.2) is 0 Å². The lowest BCUT2D eigenvalue weighted by Gasteiger charge is -2.42. The second kappa shape index (κ2) is 4.16. The van der Waals surface area contributed by atoms with Crippen molar-refractivity contribution in [1.29, 1.82) is 0 Å². The van der Waals surface area contributed by atoms with Crippen molar-refractivity contribution < 1.29 is 9.52 Å². The van der Waals surface area contributed by atoms with E-state index in [2.05, 4.69) is 0 Å². The Hall–Kier alpha value is -0.760. The van der Waals surface area contributed by atoms with Crippen molar-refractivity contribution >= 4 is 0 Å². The largest absolute Gasteiger partial charge is 0.472 e. The molecule has 1 spiro atoms. The third kappa shape index (κ3) is 2.28. The summed E-state index contributed by atoms with van der Waals surface area (Å²) in [6.07, 6.45) is 14.2. The van der Waals surface area contributed by atoms with Crippen LogP contribution in [0.15, 0.2) is 23.0 Å². The Bertz CT molecular complexity index is 350. The highest BCUT2D eigenvalue weighted by molar-refractivity contribution is 5.11. The maximum Gasteiger partial charge on any atom is 0.0935 e. The molecule has 0 bridgehead atoms. The van der Waals surface area contributed by atoms with Gasteiger partial charge in [0.05, 0.1) is 18.1 Å². The minimum Gasteiger partial charge on any atom is -0.472 e. The van der Waals surface area contributed by atoms with Crippen LogP contribution in [0.5, 0.6) is 0 Å². The molecule has 1 aromatic heterocycles. The smallest absolute Gasteiger partial charge is 0.0935 e. The average Bonchev–Trinajstić information content (AvgIpc) is 2.96. The van der Waals surface area contributed by atoms with Crippen LogP contribution in [0.25, 0.3) is 0 Å². The molecule has 94 valence electrons. The van der Waals surface area contributed by atoms with E-state index in [0.29, 0.717) is 5.41 Å². The van der Waals surface area contributed by atoms with Gasteiger partial charge in [-0.1, -0.05) is 12.8 Å². The van der Waals surface area contributed by atoms with Gasteiger partial charge in [0, 0.05) is 6.42 Å². The second-order valence-corrected chi connectivity index (χ2v) is 6.24. The highest BCUT2D eigenvalue weighted by Gasteiger charge is 2.42. The van der Waals surface area contributed by atoms with Crippen LogP contribution in [-0.4, -0.2) is 10.7 Å². The first kappa shape index (κ1) is 11.3. The minimum absolute atomic E-state index is 0.474. The van der Waals surface area contributed by atoms with E-state index in [1.165, 1.54) is 38.5 Å². The molecule has 0 saturated heterocycles. The molecule has 17 heavy (non-hydrogen) atoms. The van der Waals surface area contributed by atoms with E-state index in [1.807, 2.05) is 6.07 Å². The predicted octanol–water partition coefficient (Wildman–Crippen LogP) is 3.69. The topological polar surface area (TPSA) is 33.4 Å². The first-order valence-electron chi connectivity index (χ1n) is 6.93. The maximum absolute atomic E-state index is 10.6. The van der Waals surface area contributed by atoms with Crippen molar-refractivity contribution in [3.63, 3.8) is 0 Å². The van der Waals surface area contributed by atoms with Gasteiger partial charge in [-0.25, -0.2) is 0 Å². The van der Waals surface area contributed by atoms with Crippen molar-refractivity contribution in [2.24, 2.45) is 5.41 Å². The van der Waals surface area contributed by atoms with Gasteiger partial charge >= 0.3 is 0 Å². The van der Waals surface area contributed by atoms with Crippen LogP contribution in [0.3, 0.4) is 0 Å². The lowest BCUT2D eigenvalue weighted by Crippen LogP contribution is -2.39. The lowest BCUT2D eigenvalue weighted by atomic mass is 9.66. The van der Waals surface area contributed by atoms with Crippen molar-refractivity contribution in [2.45, 2.75) is 63.4 Å². The standard InChI is InChI=1S/C15H22O2/c16-15(11-13-3-10-17-12-13)8-6-14(7-9-15)4-1-2-5-14/h3,10,12,16H,1-2,4-9,11H2. The molecule has 0 unspecified atom stereocenters. The van der Waals surface area contributed by atoms with E-state index in [4.69, 9.17) is 4.42 Å². The summed E-state index contributed by atoms with van der Waals surface area (Å²) in [5.41, 5.74) is 1.26. The molecule has 1 N–H and O–H groups in total. The third-order valence-electron chi connectivity index (χ3n) is 5.02. The highest BCUT2D eigenvalue weighted by atomic mass is 16.3. The first-order valence-corrected chi connectivity index (χ1v) is 6.93. The van der Waals surface area contributed by atoms with Gasteiger partial charge in [0.2, 0.25) is 0 Å². The molecule has 0 atom stereocenters. The van der Waals surface area contributed by atoms with Gasteiger partial charge in [-0.2, -0.15) is 0 Å². The SMILES string of the molecule is OC1(Cc2ccoc2)CCC2(CCCC2)CC1. The lowest BCUT2D eigenvalue weighted by molar-refractivity contribution is -0.0323. The fourth-order valence-corrected chi connectivity index (χ4v) is 3.82. The third-order valence-corrected chi connectivity index (χ3v) is 5.02. The van der Waals surface area contributed by atoms with Gasteiger partial charge in [-0.15, -0.1) is 0 Å². The zero-order chi connectivity index (χ0) is 11.8. The molecule has 2 heteroatoms. The number of hydrogen-bond donors (Lipinski definition) is 1. The van der Waals surface area contributed by atoms with Crippen molar-refractivity contribution in [2.75, 3.05) is 0 Å². The molecule has 1 heterocycles. The molecule has 3 rings (SSSR count). The molecule has 0 aromatic carbocycles. The highest BCUT2D eigenvalue weighted by Crippen LogP contribution is 2.51. The summed E-state index contributed by atoms with van der Waals surface area (Å²) in [4.78, 5) is 0. The van der Waals surface area contributed by atoms with E-state index in [0.717, 1.165) is 24.8 Å². The van der Waals surface area contributed by atoms with Gasteiger partial charge in [0.25, 0.3) is 0 Å². The molecule has 1 aromatic rings. The molecule has 2 aliphatic carbocycles. The summed E-state index contributed by atoms with van der Waals surface area (Å²) in [6, 6.07) is 1.97. The van der Waals surface area contributed by atoms with Crippen LogP contribution in [0.4, 0.5) is 0 Å². The molecule has 2 saturated carbocycles. The van der Waals surface area contributed by atoms with Gasteiger partial charge in [0.1, 0.15) is 0 Å². The normalized spacial score (nSPS) is 26.4. The Labute approximate surface area is 103 Å². The fraction of sp³-hybridized carbons (Fsp3) is 0.733. The summed E-state index contributed by atoms with van der Waals surface area (Å²) in [5, 5.41) is 10.6. The number of rotatable bonds is 2. The Balaban J connectivity index is 1.63. The molecule has 2 fully saturated rings. The molecular weight excluding hydrogens is 212 g/mol. The van der Waals surface area contributed by atoms with Crippen LogP contribution in [0.2, 0.25) is 0 Å². The fourth-order valence-electron chi connectivity index (χ4n) is 3.82. The van der Waals surface area contributed by atoms with Crippen LogP contribution in [0, 0.1) is 5.41 Å². The van der Waals surface area contributed by atoms with Crippen LogP contribution >= 0.6 is 0 Å². The Kier molecular flexibility index (Phi) is 2.78. The summed E-state index contributed by atoms with van der Waals surface area (Å²) < 4.78 is 5.08. The summed E-state index contributed by atoms with van der Waals surface area (Å²) in [7, 11) is 0. The maximum atomic E-state index is 10.6. The first-order chi connectivity index (χ1) is 8.20.